The number of nitrogen functional groups attached to an aromatic ring is 1. The van der Waals surface area contributed by atoms with E-state index in [1.807, 2.05) is 0 Å². The van der Waals surface area contributed by atoms with E-state index in [-0.39, 0.29) is 12.5 Å². The molecule has 0 radical (unpaired) electrons. The van der Waals surface area contributed by atoms with Gasteiger partial charge >= 0.3 is 0 Å². The summed E-state index contributed by atoms with van der Waals surface area (Å²) in [5, 5.41) is 2.54. The molecule has 0 unspecified atom stereocenters. The summed E-state index contributed by atoms with van der Waals surface area (Å²) >= 11 is 3.25. The monoisotopic (exact) mass is 252 g/mol. The van der Waals surface area contributed by atoms with Crippen LogP contribution >= 0.6 is 15.9 Å². The van der Waals surface area contributed by atoms with Crippen LogP contribution in [-0.2, 0) is 0 Å². The van der Waals surface area contributed by atoms with Crippen LogP contribution in [0.15, 0.2) is 22.7 Å². The van der Waals surface area contributed by atoms with E-state index >= 15 is 0 Å². The van der Waals surface area contributed by atoms with E-state index in [1.165, 1.54) is 0 Å². The number of terminal acetylenes is 1. The maximum Gasteiger partial charge on any atom is 0.254 e. The van der Waals surface area contributed by atoms with Gasteiger partial charge < -0.3 is 11.1 Å². The third kappa shape index (κ3) is 2.51. The summed E-state index contributed by atoms with van der Waals surface area (Å²) in [5.74, 6) is 2.06. The van der Waals surface area contributed by atoms with E-state index in [0.29, 0.717) is 11.3 Å². The maximum atomic E-state index is 11.4. The zero-order valence-electron chi connectivity index (χ0n) is 7.38. The molecule has 4 heteroatoms. The Morgan fingerprint density at radius 2 is 2.36 bits per heavy atom. The molecule has 0 atom stereocenters. The molecule has 0 bridgehead atoms. The molecule has 0 saturated heterocycles. The lowest BCUT2D eigenvalue weighted by Gasteiger charge is -2.05. The first-order chi connectivity index (χ1) is 6.65. The summed E-state index contributed by atoms with van der Waals surface area (Å²) in [5.41, 5.74) is 6.51. The number of nitrogens with two attached hydrogens (primary N) is 1. The van der Waals surface area contributed by atoms with Gasteiger partial charge in [0, 0.05) is 10.2 Å². The van der Waals surface area contributed by atoms with Gasteiger partial charge in [-0.3, -0.25) is 4.79 Å². The normalized spacial score (nSPS) is 9.14. The van der Waals surface area contributed by atoms with Crippen molar-refractivity contribution in [3.63, 3.8) is 0 Å². The van der Waals surface area contributed by atoms with Crippen LogP contribution in [0.25, 0.3) is 0 Å². The van der Waals surface area contributed by atoms with Gasteiger partial charge in [-0.05, 0) is 18.2 Å². The first-order valence-corrected chi connectivity index (χ1v) is 4.71. The van der Waals surface area contributed by atoms with E-state index in [4.69, 9.17) is 12.2 Å². The molecule has 1 amide bonds. The number of nitrogens with one attached hydrogen (secondary N) is 1. The molecule has 0 aliphatic heterocycles. The van der Waals surface area contributed by atoms with Crippen LogP contribution in [0.5, 0.6) is 0 Å². The highest BCUT2D eigenvalue weighted by Gasteiger charge is 2.08. The lowest BCUT2D eigenvalue weighted by molar-refractivity contribution is 0.0959. The van der Waals surface area contributed by atoms with Crippen LogP contribution in [-0.4, -0.2) is 12.5 Å². The minimum Gasteiger partial charge on any atom is -0.398 e. The Morgan fingerprint density at radius 3 is 2.93 bits per heavy atom. The second-order valence-corrected chi connectivity index (χ2v) is 3.53. The summed E-state index contributed by atoms with van der Waals surface area (Å²) in [6.45, 7) is 0.203. The second kappa shape index (κ2) is 4.68. The Labute approximate surface area is 90.8 Å². The number of anilines is 1. The Bertz CT molecular complexity index is 396. The Hall–Kier alpha value is -1.47. The zero-order valence-corrected chi connectivity index (χ0v) is 8.97. The van der Waals surface area contributed by atoms with Crippen LogP contribution in [0.1, 0.15) is 10.4 Å². The summed E-state index contributed by atoms with van der Waals surface area (Å²) in [6, 6.07) is 5.07. The molecule has 0 saturated carbocycles. The average molecular weight is 253 g/mol. The molecule has 0 aliphatic rings. The fourth-order valence-corrected chi connectivity index (χ4v) is 1.35. The van der Waals surface area contributed by atoms with Gasteiger partial charge in [-0.1, -0.05) is 21.9 Å². The van der Waals surface area contributed by atoms with Crippen molar-refractivity contribution in [1.82, 2.24) is 5.32 Å². The van der Waals surface area contributed by atoms with Crippen molar-refractivity contribution in [3.05, 3.63) is 28.2 Å². The summed E-state index contributed by atoms with van der Waals surface area (Å²) in [7, 11) is 0. The highest BCUT2D eigenvalue weighted by atomic mass is 79.9. The molecule has 0 spiro atoms. The molecule has 72 valence electrons. The van der Waals surface area contributed by atoms with E-state index in [1.54, 1.807) is 18.2 Å². The topological polar surface area (TPSA) is 55.1 Å². The van der Waals surface area contributed by atoms with Gasteiger partial charge in [0.2, 0.25) is 0 Å². The minimum atomic E-state index is -0.257. The number of carbonyl (C=O) groups is 1. The third-order valence-corrected chi connectivity index (χ3v) is 2.10. The first kappa shape index (κ1) is 10.6. The summed E-state index contributed by atoms with van der Waals surface area (Å²) in [6.07, 6.45) is 5.01. The standard InChI is InChI=1S/C10H9BrN2O/c1-2-5-13-10(14)8-4-3-7(11)6-9(8)12/h1,3-4,6H,5,12H2,(H,13,14). The molecule has 3 nitrogen and oxygen atoms in total. The molecule has 0 aromatic heterocycles. The number of benzene rings is 1. The van der Waals surface area contributed by atoms with Crippen molar-refractivity contribution in [2.24, 2.45) is 0 Å². The fourth-order valence-electron chi connectivity index (χ4n) is 0.967. The lowest BCUT2D eigenvalue weighted by Crippen LogP contribution is -2.24. The predicted molar refractivity (Wildman–Crippen MR) is 59.7 cm³/mol. The Kier molecular flexibility index (Phi) is 3.55. The highest BCUT2D eigenvalue weighted by molar-refractivity contribution is 9.10. The molecular weight excluding hydrogens is 244 g/mol. The van der Waals surface area contributed by atoms with Gasteiger partial charge in [-0.25, -0.2) is 0 Å². The smallest absolute Gasteiger partial charge is 0.254 e. The maximum absolute atomic E-state index is 11.4. The quantitative estimate of drug-likeness (QED) is 0.618. The van der Waals surface area contributed by atoms with Crippen LogP contribution in [0.2, 0.25) is 0 Å². The summed E-state index contributed by atoms with van der Waals surface area (Å²) < 4.78 is 0.837. The van der Waals surface area contributed by atoms with Gasteiger partial charge in [-0.2, -0.15) is 0 Å². The highest BCUT2D eigenvalue weighted by Crippen LogP contribution is 2.18. The lowest BCUT2D eigenvalue weighted by atomic mass is 10.1. The van der Waals surface area contributed by atoms with Gasteiger partial charge in [0.15, 0.2) is 0 Å². The van der Waals surface area contributed by atoms with Gasteiger partial charge in [0.05, 0.1) is 12.1 Å². The molecule has 3 N–H and O–H groups in total. The van der Waals surface area contributed by atoms with Crippen molar-refractivity contribution in [3.8, 4) is 12.3 Å². The molecule has 0 fully saturated rings. The molecular formula is C10H9BrN2O. The zero-order chi connectivity index (χ0) is 10.6. The number of hydrogen-bond donors (Lipinski definition) is 2. The van der Waals surface area contributed by atoms with Crippen molar-refractivity contribution in [2.45, 2.75) is 0 Å². The van der Waals surface area contributed by atoms with Crippen LogP contribution in [0.4, 0.5) is 5.69 Å². The van der Waals surface area contributed by atoms with E-state index in [2.05, 4.69) is 27.2 Å². The molecule has 1 rings (SSSR count). The average Bonchev–Trinajstić information content (AvgIpc) is 2.14. The largest absolute Gasteiger partial charge is 0.398 e. The van der Waals surface area contributed by atoms with Crippen molar-refractivity contribution < 1.29 is 4.79 Å². The SMILES string of the molecule is C#CCNC(=O)c1ccc(Br)cc1N. The molecule has 0 aliphatic carbocycles. The number of amides is 1. The number of carbonyl (C=O) groups excluding carboxylic acids is 1. The third-order valence-electron chi connectivity index (χ3n) is 1.61. The van der Waals surface area contributed by atoms with Crippen molar-refractivity contribution in [1.29, 1.82) is 0 Å². The number of hydrogen-bond acceptors (Lipinski definition) is 2. The van der Waals surface area contributed by atoms with Crippen LogP contribution in [0.3, 0.4) is 0 Å². The molecule has 14 heavy (non-hydrogen) atoms. The predicted octanol–water partition coefficient (Wildman–Crippen LogP) is 1.39. The van der Waals surface area contributed by atoms with Crippen LogP contribution < -0.4 is 11.1 Å². The first-order valence-electron chi connectivity index (χ1n) is 3.92. The van der Waals surface area contributed by atoms with Gasteiger partial charge in [0.25, 0.3) is 5.91 Å². The van der Waals surface area contributed by atoms with Crippen molar-refractivity contribution >= 4 is 27.5 Å². The number of rotatable bonds is 2. The molecule has 0 heterocycles. The van der Waals surface area contributed by atoms with Crippen LogP contribution in [0, 0.1) is 12.3 Å². The van der Waals surface area contributed by atoms with Gasteiger partial charge in [0.1, 0.15) is 0 Å². The second-order valence-electron chi connectivity index (χ2n) is 2.62. The minimum absolute atomic E-state index is 0.203. The Morgan fingerprint density at radius 1 is 1.64 bits per heavy atom. The fraction of sp³-hybridized carbons (Fsp3) is 0.100. The summed E-state index contributed by atoms with van der Waals surface area (Å²) in [4.78, 5) is 11.4. The van der Waals surface area contributed by atoms with E-state index in [9.17, 15) is 4.79 Å². The number of halogens is 1. The van der Waals surface area contributed by atoms with E-state index in [0.717, 1.165) is 4.47 Å². The Balaban J connectivity index is 2.86. The van der Waals surface area contributed by atoms with Gasteiger partial charge in [-0.15, -0.1) is 6.42 Å². The van der Waals surface area contributed by atoms with E-state index < -0.39 is 0 Å². The molecule has 1 aromatic carbocycles. The van der Waals surface area contributed by atoms with Crippen molar-refractivity contribution in [2.75, 3.05) is 12.3 Å². The molecule has 1 aromatic rings.